The van der Waals surface area contributed by atoms with Gasteiger partial charge in [0.2, 0.25) is 0 Å². The van der Waals surface area contributed by atoms with Crippen molar-refractivity contribution in [1.29, 1.82) is 0 Å². The second-order valence-corrected chi connectivity index (χ2v) is 1.73. The summed E-state index contributed by atoms with van der Waals surface area (Å²) in [5, 5.41) is 16.6. The fourth-order valence-electron chi connectivity index (χ4n) is 0.527. The van der Waals surface area contributed by atoms with Crippen molar-refractivity contribution in [3.63, 3.8) is 0 Å². The predicted octanol–water partition coefficient (Wildman–Crippen LogP) is -1.05. The molecule has 0 aromatic heterocycles. The van der Waals surface area contributed by atoms with Gasteiger partial charge in [-0.05, 0) is 5.57 Å². The van der Waals surface area contributed by atoms with E-state index in [2.05, 4.69) is 0 Å². The average molecular weight is 114 g/mol. The van der Waals surface area contributed by atoms with E-state index in [1.807, 2.05) is 0 Å². The van der Waals surface area contributed by atoms with E-state index >= 15 is 0 Å². The molecule has 3 nitrogen and oxygen atoms in total. The molecule has 0 radical (unpaired) electrons. The molecule has 44 valence electrons. The first kappa shape index (κ1) is 5.82. The third kappa shape index (κ3) is 1.33. The van der Waals surface area contributed by atoms with Crippen molar-refractivity contribution in [2.45, 2.75) is 0 Å². The van der Waals surface area contributed by atoms with Crippen LogP contribution in [0.4, 0.5) is 0 Å². The standard InChI is InChI=1S/C4H7BO3/c6-5(7)1-4-2-8-3-4/h1,6-7H,2-3H2. The summed E-state index contributed by atoms with van der Waals surface area (Å²) in [5.74, 6) is 1.38. The van der Waals surface area contributed by atoms with Crippen LogP contribution >= 0.6 is 0 Å². The summed E-state index contributed by atoms with van der Waals surface area (Å²) in [6.07, 6.45) is 0. The van der Waals surface area contributed by atoms with Gasteiger partial charge in [-0.2, -0.15) is 0 Å². The molecule has 0 aromatic rings. The zero-order valence-corrected chi connectivity index (χ0v) is 4.37. The van der Waals surface area contributed by atoms with Gasteiger partial charge in [0.1, 0.15) is 0 Å². The maximum Gasteiger partial charge on any atom is 0.480 e. The highest BCUT2D eigenvalue weighted by atomic mass is 16.5. The molecule has 0 atom stereocenters. The molecule has 0 saturated carbocycles. The van der Waals surface area contributed by atoms with Crippen molar-refractivity contribution < 1.29 is 14.8 Å². The quantitative estimate of drug-likeness (QED) is 0.428. The van der Waals surface area contributed by atoms with Gasteiger partial charge in [-0.15, -0.1) is 0 Å². The second kappa shape index (κ2) is 2.30. The van der Waals surface area contributed by atoms with Crippen LogP contribution in [0.25, 0.3) is 0 Å². The zero-order chi connectivity index (χ0) is 5.98. The zero-order valence-electron chi connectivity index (χ0n) is 4.37. The van der Waals surface area contributed by atoms with Crippen LogP contribution in [0.15, 0.2) is 11.5 Å². The van der Waals surface area contributed by atoms with E-state index < -0.39 is 7.12 Å². The number of rotatable bonds is 1. The van der Waals surface area contributed by atoms with Gasteiger partial charge in [-0.25, -0.2) is 0 Å². The third-order valence-corrected chi connectivity index (χ3v) is 0.960. The molecule has 8 heavy (non-hydrogen) atoms. The van der Waals surface area contributed by atoms with Gasteiger partial charge >= 0.3 is 7.12 Å². The Labute approximate surface area is 47.7 Å². The molecule has 0 spiro atoms. The second-order valence-electron chi connectivity index (χ2n) is 1.73. The van der Waals surface area contributed by atoms with Crippen LogP contribution < -0.4 is 0 Å². The summed E-state index contributed by atoms with van der Waals surface area (Å²) in [6.45, 7) is 1.11. The highest BCUT2D eigenvalue weighted by Gasteiger charge is 2.11. The Hall–Kier alpha value is -0.315. The number of hydrogen-bond donors (Lipinski definition) is 2. The van der Waals surface area contributed by atoms with Crippen molar-refractivity contribution in [3.05, 3.63) is 11.5 Å². The minimum atomic E-state index is -1.31. The van der Waals surface area contributed by atoms with Gasteiger partial charge < -0.3 is 14.8 Å². The van der Waals surface area contributed by atoms with Gasteiger partial charge in [0.15, 0.2) is 0 Å². The van der Waals surface area contributed by atoms with Crippen LogP contribution in [0.3, 0.4) is 0 Å². The minimum absolute atomic E-state index is 0.553. The lowest BCUT2D eigenvalue weighted by Crippen LogP contribution is -2.20. The molecule has 1 heterocycles. The van der Waals surface area contributed by atoms with Crippen molar-refractivity contribution >= 4 is 7.12 Å². The van der Waals surface area contributed by atoms with Crippen LogP contribution in [0, 0.1) is 0 Å². The first-order valence-electron chi connectivity index (χ1n) is 2.42. The predicted molar refractivity (Wildman–Crippen MR) is 29.1 cm³/mol. The third-order valence-electron chi connectivity index (χ3n) is 0.960. The van der Waals surface area contributed by atoms with Gasteiger partial charge in [0.05, 0.1) is 13.2 Å². The molecule has 1 rings (SSSR count). The molecular weight excluding hydrogens is 107 g/mol. The molecule has 0 bridgehead atoms. The Morgan fingerprint density at radius 2 is 2.12 bits per heavy atom. The molecule has 1 saturated heterocycles. The first-order valence-corrected chi connectivity index (χ1v) is 2.42. The van der Waals surface area contributed by atoms with E-state index in [0.717, 1.165) is 5.57 Å². The maximum absolute atomic E-state index is 8.31. The number of ether oxygens (including phenoxy) is 1. The molecule has 4 heteroatoms. The van der Waals surface area contributed by atoms with Crippen molar-refractivity contribution in [3.8, 4) is 0 Å². The Morgan fingerprint density at radius 3 is 2.25 bits per heavy atom. The average Bonchev–Trinajstić information content (AvgIpc) is 1.55. The fourth-order valence-corrected chi connectivity index (χ4v) is 0.527. The number of hydrogen-bond acceptors (Lipinski definition) is 3. The summed E-state index contributed by atoms with van der Waals surface area (Å²) in [5.41, 5.74) is 0.958. The van der Waals surface area contributed by atoms with E-state index in [1.165, 1.54) is 5.98 Å². The Balaban J connectivity index is 2.30. The molecule has 1 fully saturated rings. The normalized spacial score (nSPS) is 17.5. The molecule has 1 aliphatic heterocycles. The van der Waals surface area contributed by atoms with Crippen LogP contribution in [0.5, 0.6) is 0 Å². The summed E-state index contributed by atoms with van der Waals surface area (Å²) in [7, 11) is -1.31. The fraction of sp³-hybridized carbons (Fsp3) is 0.500. The van der Waals surface area contributed by atoms with Gasteiger partial charge in [-0.3, -0.25) is 0 Å². The van der Waals surface area contributed by atoms with Crippen LogP contribution in [-0.4, -0.2) is 30.4 Å². The largest absolute Gasteiger partial charge is 0.480 e. The van der Waals surface area contributed by atoms with Crippen LogP contribution in [0.1, 0.15) is 0 Å². The molecule has 0 aliphatic carbocycles. The molecule has 2 N–H and O–H groups in total. The minimum Gasteiger partial charge on any atom is -0.424 e. The van der Waals surface area contributed by atoms with Gasteiger partial charge in [0.25, 0.3) is 0 Å². The lowest BCUT2D eigenvalue weighted by Gasteiger charge is -2.16. The van der Waals surface area contributed by atoms with Gasteiger partial charge in [-0.1, -0.05) is 5.98 Å². The first-order chi connectivity index (χ1) is 3.79. The van der Waals surface area contributed by atoms with E-state index in [-0.39, 0.29) is 0 Å². The van der Waals surface area contributed by atoms with Crippen molar-refractivity contribution in [2.24, 2.45) is 0 Å². The maximum atomic E-state index is 8.31. The lowest BCUT2D eigenvalue weighted by atomic mass is 9.88. The molecular formula is C4H7BO3. The van der Waals surface area contributed by atoms with E-state index in [4.69, 9.17) is 14.8 Å². The lowest BCUT2D eigenvalue weighted by molar-refractivity contribution is 0.103. The summed E-state index contributed by atoms with van der Waals surface area (Å²) >= 11 is 0. The summed E-state index contributed by atoms with van der Waals surface area (Å²) in [6, 6.07) is 0. The summed E-state index contributed by atoms with van der Waals surface area (Å²) < 4.78 is 4.75. The molecule has 0 amide bonds. The Kier molecular flexibility index (Phi) is 1.67. The van der Waals surface area contributed by atoms with E-state index in [0.29, 0.717) is 13.2 Å². The molecule has 0 unspecified atom stereocenters. The Morgan fingerprint density at radius 1 is 1.50 bits per heavy atom. The Bertz CT molecular complexity index is 104. The van der Waals surface area contributed by atoms with E-state index in [9.17, 15) is 0 Å². The van der Waals surface area contributed by atoms with Crippen LogP contribution in [-0.2, 0) is 4.74 Å². The molecule has 1 aliphatic rings. The van der Waals surface area contributed by atoms with Crippen molar-refractivity contribution in [1.82, 2.24) is 0 Å². The highest BCUT2D eigenvalue weighted by Crippen LogP contribution is 2.06. The highest BCUT2D eigenvalue weighted by molar-refractivity contribution is 6.47. The van der Waals surface area contributed by atoms with Crippen molar-refractivity contribution in [2.75, 3.05) is 13.2 Å². The van der Waals surface area contributed by atoms with Gasteiger partial charge in [0, 0.05) is 0 Å². The SMILES string of the molecule is OB(O)C=C1COC1. The van der Waals surface area contributed by atoms with E-state index in [1.54, 1.807) is 0 Å². The smallest absolute Gasteiger partial charge is 0.424 e. The molecule has 0 aromatic carbocycles. The summed E-state index contributed by atoms with van der Waals surface area (Å²) in [4.78, 5) is 0. The van der Waals surface area contributed by atoms with Crippen LogP contribution in [0.2, 0.25) is 0 Å². The topological polar surface area (TPSA) is 49.7 Å². The monoisotopic (exact) mass is 114 g/mol.